The Morgan fingerprint density at radius 1 is 1.12 bits per heavy atom. The number of nitrogens with zero attached hydrogens (tertiary/aromatic N) is 4. The van der Waals surface area contributed by atoms with E-state index in [1.54, 1.807) is 53.2 Å². The van der Waals surface area contributed by atoms with E-state index < -0.39 is 46.8 Å². The second kappa shape index (κ2) is 10.6. The number of aliphatic hydroxyl groups is 2. The maximum absolute atomic E-state index is 13.2. The summed E-state index contributed by atoms with van der Waals surface area (Å²) in [4.78, 5) is 29.6. The van der Waals surface area contributed by atoms with Gasteiger partial charge in [0.1, 0.15) is 24.6 Å². The number of sulfone groups is 1. The van der Waals surface area contributed by atoms with Gasteiger partial charge in [0.15, 0.2) is 33.0 Å². The zero-order valence-electron chi connectivity index (χ0n) is 21.8. The van der Waals surface area contributed by atoms with E-state index in [1.165, 1.54) is 12.7 Å². The number of anilines is 1. The van der Waals surface area contributed by atoms with Crippen LogP contribution in [0.1, 0.15) is 22.1 Å². The molecular formula is C27H27N7O6S. The summed E-state index contributed by atoms with van der Waals surface area (Å²) in [6, 6.07) is 12.7. The number of ether oxygens (including phenoxy) is 1. The molecule has 4 atom stereocenters. The molecule has 5 N–H and O–H groups in total. The van der Waals surface area contributed by atoms with Gasteiger partial charge >= 0.3 is 0 Å². The number of amides is 1. The van der Waals surface area contributed by atoms with Gasteiger partial charge in [0.25, 0.3) is 5.91 Å². The lowest BCUT2D eigenvalue weighted by molar-refractivity contribution is -0.0440. The van der Waals surface area contributed by atoms with Gasteiger partial charge in [0, 0.05) is 35.5 Å². The van der Waals surface area contributed by atoms with Crippen LogP contribution in [0.15, 0.2) is 72.3 Å². The third kappa shape index (κ3) is 5.13. The van der Waals surface area contributed by atoms with E-state index in [2.05, 4.69) is 30.6 Å². The lowest BCUT2D eigenvalue weighted by Gasteiger charge is -2.23. The fourth-order valence-electron chi connectivity index (χ4n) is 4.93. The Morgan fingerprint density at radius 3 is 2.68 bits per heavy atom. The molecule has 4 heterocycles. The lowest BCUT2D eigenvalue weighted by Crippen LogP contribution is -2.46. The number of hydrogen-bond acceptors (Lipinski definition) is 10. The molecule has 0 spiro atoms. The predicted molar refractivity (Wildman–Crippen MR) is 149 cm³/mol. The van der Waals surface area contributed by atoms with Gasteiger partial charge in [-0.3, -0.25) is 9.36 Å². The summed E-state index contributed by atoms with van der Waals surface area (Å²) < 4.78 is 31.0. The third-order valence-corrected chi connectivity index (χ3v) is 8.24. The summed E-state index contributed by atoms with van der Waals surface area (Å²) in [5.74, 6) is 0.0196. The van der Waals surface area contributed by atoms with Crippen molar-refractivity contribution in [2.24, 2.45) is 0 Å². The Labute approximate surface area is 234 Å². The van der Waals surface area contributed by atoms with Crippen molar-refractivity contribution in [1.29, 1.82) is 0 Å². The summed E-state index contributed by atoms with van der Waals surface area (Å²) in [5.41, 5.74) is 2.94. The number of imidazole rings is 1. The average molecular weight is 578 g/mol. The van der Waals surface area contributed by atoms with E-state index in [0.29, 0.717) is 29.1 Å². The number of aromatic nitrogens is 5. The highest BCUT2D eigenvalue weighted by molar-refractivity contribution is 7.90. The Balaban J connectivity index is 1.25. The number of carbonyl (C=O) groups is 1. The molecule has 1 saturated heterocycles. The molecule has 1 amide bonds. The molecule has 14 heteroatoms. The van der Waals surface area contributed by atoms with Crippen molar-refractivity contribution in [3.05, 3.63) is 78.5 Å². The maximum Gasteiger partial charge on any atom is 0.251 e. The van der Waals surface area contributed by atoms with E-state index in [-0.39, 0.29) is 4.90 Å². The maximum atomic E-state index is 13.2. The van der Waals surface area contributed by atoms with Crippen LogP contribution in [-0.2, 0) is 21.1 Å². The standard InChI is InChI=1S/C27H27N7O6S/c1-41(38,39)18-5-2-15(3-6-18)11-29-24-22-25(31-13-30-24)34(14-32-22)27-21(23(36)20(12-35)40-27)33-26(37)17-4-7-19-16(10-17)8-9-28-19/h2-10,13-14,20-21,23,27-28,35-36H,11-12H2,1H3,(H,33,37)(H,29,30,31)/t20-,21-,23-,27-/m1/s1. The number of nitrogens with one attached hydrogen (secondary N) is 3. The van der Waals surface area contributed by atoms with Crippen LogP contribution in [0.3, 0.4) is 0 Å². The van der Waals surface area contributed by atoms with Gasteiger partial charge in [-0.15, -0.1) is 0 Å². The molecule has 0 unspecified atom stereocenters. The first-order chi connectivity index (χ1) is 19.7. The van der Waals surface area contributed by atoms with E-state index in [4.69, 9.17) is 4.74 Å². The second-order valence-electron chi connectivity index (χ2n) is 9.83. The molecule has 2 aromatic carbocycles. The number of hydrogen-bond donors (Lipinski definition) is 5. The molecule has 3 aromatic heterocycles. The largest absolute Gasteiger partial charge is 0.394 e. The summed E-state index contributed by atoms with van der Waals surface area (Å²) in [5, 5.41) is 27.7. The van der Waals surface area contributed by atoms with Crippen LogP contribution in [-0.4, -0.2) is 80.2 Å². The predicted octanol–water partition coefficient (Wildman–Crippen LogP) is 1.37. The highest BCUT2D eigenvalue weighted by Crippen LogP contribution is 2.33. The molecular weight excluding hydrogens is 550 g/mol. The number of benzene rings is 2. The highest BCUT2D eigenvalue weighted by atomic mass is 32.2. The minimum absolute atomic E-state index is 0.232. The smallest absolute Gasteiger partial charge is 0.251 e. The molecule has 0 radical (unpaired) electrons. The molecule has 5 aromatic rings. The first-order valence-corrected chi connectivity index (χ1v) is 14.6. The van der Waals surface area contributed by atoms with Crippen LogP contribution in [0.25, 0.3) is 22.1 Å². The summed E-state index contributed by atoms with van der Waals surface area (Å²) in [6.45, 7) is -0.107. The van der Waals surface area contributed by atoms with Crippen molar-refractivity contribution in [1.82, 2.24) is 29.8 Å². The van der Waals surface area contributed by atoms with Gasteiger partial charge in [0.2, 0.25) is 0 Å². The minimum atomic E-state index is -3.29. The van der Waals surface area contributed by atoms with E-state index in [1.807, 2.05) is 6.07 Å². The molecule has 0 bridgehead atoms. The molecule has 1 fully saturated rings. The van der Waals surface area contributed by atoms with Crippen LogP contribution >= 0.6 is 0 Å². The van der Waals surface area contributed by atoms with Crippen molar-refractivity contribution in [3.63, 3.8) is 0 Å². The monoisotopic (exact) mass is 577 g/mol. The molecule has 6 rings (SSSR count). The lowest BCUT2D eigenvalue weighted by atomic mass is 10.1. The van der Waals surface area contributed by atoms with Crippen LogP contribution < -0.4 is 10.6 Å². The van der Waals surface area contributed by atoms with Crippen LogP contribution in [0.4, 0.5) is 5.82 Å². The van der Waals surface area contributed by atoms with E-state index >= 15 is 0 Å². The van der Waals surface area contributed by atoms with E-state index in [0.717, 1.165) is 22.7 Å². The van der Waals surface area contributed by atoms with Gasteiger partial charge in [-0.25, -0.2) is 23.4 Å². The molecule has 212 valence electrons. The van der Waals surface area contributed by atoms with Gasteiger partial charge in [-0.1, -0.05) is 12.1 Å². The molecule has 41 heavy (non-hydrogen) atoms. The fraction of sp³-hybridized carbons (Fsp3) is 0.259. The van der Waals surface area contributed by atoms with Gasteiger partial charge < -0.3 is 30.6 Å². The number of fused-ring (bicyclic) bond motifs is 2. The Hall–Kier alpha value is -4.37. The molecule has 0 saturated carbocycles. The summed E-state index contributed by atoms with van der Waals surface area (Å²) in [7, 11) is -3.29. The molecule has 1 aliphatic heterocycles. The van der Waals surface area contributed by atoms with Gasteiger partial charge in [-0.05, 0) is 42.0 Å². The SMILES string of the molecule is CS(=O)(=O)c1ccc(CNc2ncnc3c2ncn3[C@@H]2O[C@H](CO)[C@@H](O)[C@H]2NC(=O)c2ccc3[nH]ccc3c2)cc1. The van der Waals surface area contributed by atoms with Crippen molar-refractivity contribution in [2.75, 3.05) is 18.2 Å². The summed E-state index contributed by atoms with van der Waals surface area (Å²) in [6.07, 6.45) is 2.71. The number of rotatable bonds is 8. The number of aliphatic hydroxyl groups excluding tert-OH is 2. The fourth-order valence-corrected chi connectivity index (χ4v) is 5.56. The van der Waals surface area contributed by atoms with Crippen LogP contribution in [0.5, 0.6) is 0 Å². The minimum Gasteiger partial charge on any atom is -0.394 e. The summed E-state index contributed by atoms with van der Waals surface area (Å²) >= 11 is 0. The van der Waals surface area contributed by atoms with Crippen molar-refractivity contribution < 1.29 is 28.2 Å². The highest BCUT2D eigenvalue weighted by Gasteiger charge is 2.46. The molecule has 1 aliphatic rings. The Bertz CT molecular complexity index is 1840. The quantitative estimate of drug-likeness (QED) is 0.180. The van der Waals surface area contributed by atoms with Gasteiger partial charge in [-0.2, -0.15) is 0 Å². The van der Waals surface area contributed by atoms with Crippen LogP contribution in [0, 0.1) is 0 Å². The zero-order valence-corrected chi connectivity index (χ0v) is 22.6. The van der Waals surface area contributed by atoms with Crippen molar-refractivity contribution in [2.45, 2.75) is 35.9 Å². The molecule has 0 aliphatic carbocycles. The average Bonchev–Trinajstić information content (AvgIpc) is 3.69. The second-order valence-corrected chi connectivity index (χ2v) is 11.8. The first kappa shape index (κ1) is 26.8. The van der Waals surface area contributed by atoms with Crippen molar-refractivity contribution >= 4 is 43.6 Å². The van der Waals surface area contributed by atoms with Crippen LogP contribution in [0.2, 0.25) is 0 Å². The Kier molecular flexibility index (Phi) is 6.91. The normalized spacial score (nSPS) is 21.0. The molecule has 13 nitrogen and oxygen atoms in total. The third-order valence-electron chi connectivity index (χ3n) is 7.11. The topological polar surface area (TPSA) is 184 Å². The van der Waals surface area contributed by atoms with E-state index in [9.17, 15) is 23.4 Å². The number of aromatic amines is 1. The van der Waals surface area contributed by atoms with Crippen molar-refractivity contribution in [3.8, 4) is 0 Å². The number of carbonyl (C=O) groups excluding carboxylic acids is 1. The number of H-pyrrole nitrogens is 1. The zero-order chi connectivity index (χ0) is 28.7. The first-order valence-electron chi connectivity index (χ1n) is 12.8. The van der Waals surface area contributed by atoms with Gasteiger partial charge in [0.05, 0.1) is 17.8 Å². The Morgan fingerprint density at radius 2 is 1.93 bits per heavy atom.